The second-order valence-corrected chi connectivity index (χ2v) is 6.38. The van der Waals surface area contributed by atoms with E-state index in [2.05, 4.69) is 36.2 Å². The number of thiophene rings is 1. The second kappa shape index (κ2) is 6.44. The molecule has 0 saturated carbocycles. The number of esters is 1. The maximum absolute atomic E-state index is 11.8. The summed E-state index contributed by atoms with van der Waals surface area (Å²) in [4.78, 5) is 18.0. The molecule has 0 amide bonds. The van der Waals surface area contributed by atoms with Crippen LogP contribution in [-0.2, 0) is 11.2 Å². The molecule has 0 aliphatic carbocycles. The average Bonchev–Trinajstić information content (AvgIpc) is 2.93. The van der Waals surface area contributed by atoms with Crippen LogP contribution in [0.2, 0.25) is 0 Å². The maximum atomic E-state index is 11.8. The van der Waals surface area contributed by atoms with Gasteiger partial charge in [-0.05, 0) is 49.6 Å². The van der Waals surface area contributed by atoms with Crippen molar-refractivity contribution >= 4 is 38.4 Å². The molecule has 0 spiro atoms. The van der Waals surface area contributed by atoms with Crippen LogP contribution >= 0.6 is 11.3 Å². The van der Waals surface area contributed by atoms with Crippen LogP contribution in [0.3, 0.4) is 0 Å². The van der Waals surface area contributed by atoms with Gasteiger partial charge in [0.25, 0.3) is 0 Å². The number of hydrogen-bond acceptors (Lipinski definition) is 4. The van der Waals surface area contributed by atoms with Gasteiger partial charge in [0, 0.05) is 10.8 Å². The summed E-state index contributed by atoms with van der Waals surface area (Å²) in [7, 11) is 0. The number of carbonyl (C=O) groups is 1. The summed E-state index contributed by atoms with van der Waals surface area (Å²) in [6.07, 6.45) is 3.50. The first kappa shape index (κ1) is 15.0. The third-order valence-corrected chi connectivity index (χ3v) is 4.69. The largest absolute Gasteiger partial charge is 0.462 e. The van der Waals surface area contributed by atoms with Crippen LogP contribution in [0.1, 0.15) is 41.9 Å². The van der Waals surface area contributed by atoms with Gasteiger partial charge in [0.15, 0.2) is 0 Å². The fourth-order valence-electron chi connectivity index (χ4n) is 2.52. The van der Waals surface area contributed by atoms with Gasteiger partial charge < -0.3 is 4.74 Å². The lowest BCUT2D eigenvalue weighted by Gasteiger charge is -2.03. The van der Waals surface area contributed by atoms with Crippen LogP contribution in [0, 0.1) is 0 Å². The van der Waals surface area contributed by atoms with Crippen LogP contribution in [0.15, 0.2) is 30.3 Å². The van der Waals surface area contributed by atoms with Crippen LogP contribution in [-0.4, -0.2) is 17.6 Å². The molecule has 0 atom stereocenters. The predicted octanol–water partition coefficient (Wildman–Crippen LogP) is 4.97. The maximum Gasteiger partial charge on any atom is 0.348 e. The fraction of sp³-hybridized carbons (Fsp3) is 0.333. The Morgan fingerprint density at radius 2 is 2.05 bits per heavy atom. The number of rotatable bonds is 5. The number of unbranched alkanes of at least 4 members (excludes halogenated alkanes) is 1. The van der Waals surface area contributed by atoms with E-state index in [1.165, 1.54) is 29.7 Å². The molecule has 3 rings (SSSR count). The highest BCUT2D eigenvalue weighted by Crippen LogP contribution is 2.28. The average molecular weight is 313 g/mol. The van der Waals surface area contributed by atoms with Gasteiger partial charge in [-0.2, -0.15) is 0 Å². The lowest BCUT2D eigenvalue weighted by Crippen LogP contribution is -2.01. The quantitative estimate of drug-likeness (QED) is 0.624. The van der Waals surface area contributed by atoms with Crippen molar-refractivity contribution in [2.45, 2.75) is 33.1 Å². The van der Waals surface area contributed by atoms with Gasteiger partial charge in [-0.3, -0.25) is 0 Å². The van der Waals surface area contributed by atoms with E-state index < -0.39 is 0 Å². The van der Waals surface area contributed by atoms with Crippen molar-refractivity contribution in [3.63, 3.8) is 0 Å². The third-order valence-electron chi connectivity index (χ3n) is 3.66. The van der Waals surface area contributed by atoms with Gasteiger partial charge in [-0.15, -0.1) is 11.3 Å². The number of ether oxygens (including phenoxy) is 1. The molecule has 22 heavy (non-hydrogen) atoms. The van der Waals surface area contributed by atoms with Crippen LogP contribution < -0.4 is 0 Å². The predicted molar refractivity (Wildman–Crippen MR) is 91.7 cm³/mol. The van der Waals surface area contributed by atoms with E-state index in [-0.39, 0.29) is 5.97 Å². The van der Waals surface area contributed by atoms with E-state index in [0.717, 1.165) is 27.5 Å². The van der Waals surface area contributed by atoms with Gasteiger partial charge in [-0.25, -0.2) is 9.78 Å². The Balaban J connectivity index is 2.01. The summed E-state index contributed by atoms with van der Waals surface area (Å²) in [5.41, 5.74) is 2.32. The summed E-state index contributed by atoms with van der Waals surface area (Å²) < 4.78 is 5.06. The molecule has 2 heterocycles. The Morgan fingerprint density at radius 1 is 1.18 bits per heavy atom. The molecule has 4 heteroatoms. The minimum absolute atomic E-state index is 0.266. The third kappa shape index (κ3) is 2.97. The summed E-state index contributed by atoms with van der Waals surface area (Å²) in [5.74, 6) is -0.266. The molecule has 0 saturated heterocycles. The van der Waals surface area contributed by atoms with E-state index in [1.54, 1.807) is 0 Å². The minimum atomic E-state index is -0.266. The van der Waals surface area contributed by atoms with Crippen molar-refractivity contribution in [3.8, 4) is 0 Å². The number of benzene rings is 1. The zero-order valence-corrected chi connectivity index (χ0v) is 13.7. The monoisotopic (exact) mass is 313 g/mol. The summed E-state index contributed by atoms with van der Waals surface area (Å²) >= 11 is 1.39. The van der Waals surface area contributed by atoms with Crippen LogP contribution in [0.25, 0.3) is 21.1 Å². The molecular formula is C18H19NO2S. The molecule has 2 aromatic heterocycles. The first-order chi connectivity index (χ1) is 10.7. The number of fused-ring (bicyclic) bond motifs is 2. The number of aromatic nitrogens is 1. The fourth-order valence-corrected chi connectivity index (χ4v) is 3.44. The van der Waals surface area contributed by atoms with E-state index >= 15 is 0 Å². The van der Waals surface area contributed by atoms with Crippen molar-refractivity contribution < 1.29 is 9.53 Å². The van der Waals surface area contributed by atoms with E-state index in [1.807, 2.05) is 13.0 Å². The minimum Gasteiger partial charge on any atom is -0.462 e. The Kier molecular flexibility index (Phi) is 4.39. The zero-order valence-electron chi connectivity index (χ0n) is 12.9. The van der Waals surface area contributed by atoms with Crippen molar-refractivity contribution in [1.29, 1.82) is 0 Å². The van der Waals surface area contributed by atoms with Crippen LogP contribution in [0.4, 0.5) is 0 Å². The molecule has 3 nitrogen and oxygen atoms in total. The molecule has 114 valence electrons. The van der Waals surface area contributed by atoms with E-state index in [4.69, 9.17) is 4.74 Å². The highest BCUT2D eigenvalue weighted by atomic mass is 32.1. The summed E-state index contributed by atoms with van der Waals surface area (Å²) in [6.45, 7) is 4.41. The molecule has 0 bridgehead atoms. The molecule has 0 fully saturated rings. The number of pyridine rings is 1. The van der Waals surface area contributed by atoms with E-state index in [0.29, 0.717) is 11.5 Å². The number of nitrogens with zero attached hydrogens (tertiary/aromatic N) is 1. The number of aryl methyl sites for hydroxylation is 1. The van der Waals surface area contributed by atoms with Gasteiger partial charge in [0.1, 0.15) is 9.71 Å². The Bertz CT molecular complexity index is 822. The summed E-state index contributed by atoms with van der Waals surface area (Å²) in [6, 6.07) is 10.4. The molecule has 0 aliphatic rings. The molecule has 0 radical (unpaired) electrons. The molecule has 1 aromatic carbocycles. The Labute approximate surface area is 133 Å². The van der Waals surface area contributed by atoms with Crippen molar-refractivity contribution in [1.82, 2.24) is 4.98 Å². The summed E-state index contributed by atoms with van der Waals surface area (Å²) in [5, 5.41) is 2.14. The first-order valence-corrected chi connectivity index (χ1v) is 8.53. The second-order valence-electron chi connectivity index (χ2n) is 5.34. The van der Waals surface area contributed by atoms with Gasteiger partial charge in [-0.1, -0.05) is 19.4 Å². The van der Waals surface area contributed by atoms with Crippen molar-refractivity contribution in [2.75, 3.05) is 6.61 Å². The number of hydrogen-bond donors (Lipinski definition) is 0. The standard InChI is InChI=1S/C18H19NO2S/c1-3-5-6-12-7-8-15-13(9-12)10-14-11-16(18(20)21-4-2)22-17(14)19-15/h7-11H,3-6H2,1-2H3. The Morgan fingerprint density at radius 3 is 2.82 bits per heavy atom. The van der Waals surface area contributed by atoms with Gasteiger partial charge >= 0.3 is 5.97 Å². The van der Waals surface area contributed by atoms with Crippen LogP contribution in [0.5, 0.6) is 0 Å². The highest BCUT2D eigenvalue weighted by molar-refractivity contribution is 7.20. The Hall–Kier alpha value is -1.94. The number of carbonyl (C=O) groups excluding carboxylic acids is 1. The van der Waals surface area contributed by atoms with Gasteiger partial charge in [0.2, 0.25) is 0 Å². The molecule has 0 aliphatic heterocycles. The van der Waals surface area contributed by atoms with Crippen molar-refractivity contribution in [2.24, 2.45) is 0 Å². The molecule has 0 N–H and O–H groups in total. The SMILES string of the molecule is CCCCc1ccc2nc3sc(C(=O)OCC)cc3cc2c1. The first-order valence-electron chi connectivity index (χ1n) is 7.71. The zero-order chi connectivity index (χ0) is 15.5. The normalized spacial score (nSPS) is 11.2. The lowest BCUT2D eigenvalue weighted by atomic mass is 10.1. The topological polar surface area (TPSA) is 39.2 Å². The molecule has 3 aromatic rings. The van der Waals surface area contributed by atoms with E-state index in [9.17, 15) is 4.79 Å². The van der Waals surface area contributed by atoms with Crippen molar-refractivity contribution in [3.05, 3.63) is 40.8 Å². The lowest BCUT2D eigenvalue weighted by molar-refractivity contribution is 0.0532. The molecule has 0 unspecified atom stereocenters. The molecular weight excluding hydrogens is 294 g/mol. The van der Waals surface area contributed by atoms with Gasteiger partial charge in [0.05, 0.1) is 12.1 Å². The highest BCUT2D eigenvalue weighted by Gasteiger charge is 2.12. The smallest absolute Gasteiger partial charge is 0.348 e.